The van der Waals surface area contributed by atoms with Crippen molar-refractivity contribution in [3.05, 3.63) is 46.9 Å². The fourth-order valence-electron chi connectivity index (χ4n) is 2.57. The molecular weight excluding hydrogens is 332 g/mol. The summed E-state index contributed by atoms with van der Waals surface area (Å²) in [5.41, 5.74) is 8.67. The number of hydrogen-bond donors (Lipinski definition) is 0. The molecule has 128 valence electrons. The quantitative estimate of drug-likeness (QED) is 0.258. The predicted octanol–water partition coefficient (Wildman–Crippen LogP) is 2.90. The number of nitrogens with zero attached hydrogens (tertiary/aromatic N) is 4. The number of azide groups is 1. The molecule has 0 saturated carbocycles. The molecule has 1 saturated heterocycles. The summed E-state index contributed by atoms with van der Waals surface area (Å²) >= 11 is 0. The third kappa shape index (κ3) is 3.94. The summed E-state index contributed by atoms with van der Waals surface area (Å²) in [4.78, 5) is 14.1. The van der Waals surface area contributed by atoms with E-state index in [1.54, 1.807) is 25.1 Å². The highest BCUT2D eigenvalue weighted by molar-refractivity contribution is 7.89. The Bertz CT molecular complexity index is 784. The summed E-state index contributed by atoms with van der Waals surface area (Å²) in [5.74, 6) is -0.503. The molecule has 1 fully saturated rings. The summed E-state index contributed by atoms with van der Waals surface area (Å²) in [7, 11) is -3.84. The lowest BCUT2D eigenvalue weighted by Gasteiger charge is -2.22. The van der Waals surface area contributed by atoms with Crippen LogP contribution >= 0.6 is 0 Å². The van der Waals surface area contributed by atoms with Crippen molar-refractivity contribution in [3.63, 3.8) is 0 Å². The molecular formula is C15H18N4O4S. The highest BCUT2D eigenvalue weighted by Gasteiger charge is 2.35. The van der Waals surface area contributed by atoms with Gasteiger partial charge in [0.15, 0.2) is 0 Å². The Hall–Kier alpha value is -2.35. The van der Waals surface area contributed by atoms with E-state index in [-0.39, 0.29) is 17.2 Å². The summed E-state index contributed by atoms with van der Waals surface area (Å²) in [6, 6.07) is 5.60. The van der Waals surface area contributed by atoms with Gasteiger partial charge in [0.1, 0.15) is 0 Å². The number of esters is 1. The van der Waals surface area contributed by atoms with Crippen LogP contribution in [0, 0.1) is 0 Å². The molecule has 1 heterocycles. The lowest BCUT2D eigenvalue weighted by molar-refractivity contribution is -0.137. The molecule has 1 atom stereocenters. The second-order valence-corrected chi connectivity index (χ2v) is 6.95. The summed E-state index contributed by atoms with van der Waals surface area (Å²) in [6.07, 6.45) is 4.08. The van der Waals surface area contributed by atoms with E-state index >= 15 is 0 Å². The molecule has 24 heavy (non-hydrogen) atoms. The Morgan fingerprint density at radius 3 is 2.96 bits per heavy atom. The summed E-state index contributed by atoms with van der Waals surface area (Å²) < 4.78 is 31.9. The Labute approximate surface area is 140 Å². The van der Waals surface area contributed by atoms with Crippen molar-refractivity contribution in [2.24, 2.45) is 5.11 Å². The number of rotatable bonds is 6. The normalized spacial score (nSPS) is 18.5. The van der Waals surface area contributed by atoms with Gasteiger partial charge in [-0.1, -0.05) is 29.4 Å². The standard InChI is InChI=1S/C15H18N4O4S/c1-2-23-15(20)10-9-12-6-5-11-19(12)24(21,22)14-8-4-3-7-13(14)17-18-16/h3-4,7-10,12H,2,5-6,11H2,1H3/b10-9+/t12-/m0/s1. The molecule has 0 spiro atoms. The van der Waals surface area contributed by atoms with Crippen molar-refractivity contribution in [2.45, 2.75) is 30.7 Å². The van der Waals surface area contributed by atoms with E-state index < -0.39 is 22.0 Å². The molecule has 8 nitrogen and oxygen atoms in total. The van der Waals surface area contributed by atoms with Crippen molar-refractivity contribution in [3.8, 4) is 0 Å². The Morgan fingerprint density at radius 2 is 2.25 bits per heavy atom. The highest BCUT2D eigenvalue weighted by atomic mass is 32.2. The number of ether oxygens (including phenoxy) is 1. The first-order valence-corrected chi connectivity index (χ1v) is 8.95. The second-order valence-electron chi connectivity index (χ2n) is 5.09. The van der Waals surface area contributed by atoms with Crippen LogP contribution in [0.2, 0.25) is 0 Å². The van der Waals surface area contributed by atoms with Crippen molar-refractivity contribution < 1.29 is 17.9 Å². The summed E-state index contributed by atoms with van der Waals surface area (Å²) in [6.45, 7) is 2.30. The third-order valence-electron chi connectivity index (χ3n) is 3.59. The van der Waals surface area contributed by atoms with Crippen molar-refractivity contribution in [2.75, 3.05) is 13.2 Å². The van der Waals surface area contributed by atoms with E-state index in [1.807, 2.05) is 0 Å². The van der Waals surface area contributed by atoms with Crippen LogP contribution < -0.4 is 0 Å². The molecule has 0 bridgehead atoms. The molecule has 1 aromatic rings. The molecule has 9 heteroatoms. The SMILES string of the molecule is CCOC(=O)/C=C/[C@@H]1CCCN1S(=O)(=O)c1ccccc1N=[N+]=[N-]. The molecule has 1 aromatic carbocycles. The molecule has 2 rings (SSSR count). The van der Waals surface area contributed by atoms with Crippen molar-refractivity contribution in [1.82, 2.24) is 4.31 Å². The number of carbonyl (C=O) groups is 1. The van der Waals surface area contributed by atoms with E-state index in [0.717, 1.165) is 0 Å². The largest absolute Gasteiger partial charge is 0.463 e. The lowest BCUT2D eigenvalue weighted by Crippen LogP contribution is -2.34. The van der Waals surface area contributed by atoms with Crippen LogP contribution in [-0.2, 0) is 19.6 Å². The Kier molecular flexibility index (Phi) is 5.97. The van der Waals surface area contributed by atoms with Gasteiger partial charge in [-0.3, -0.25) is 0 Å². The van der Waals surface area contributed by atoms with Gasteiger partial charge in [-0.15, -0.1) is 0 Å². The maximum Gasteiger partial charge on any atom is 0.330 e. The molecule has 0 aliphatic carbocycles. The topological polar surface area (TPSA) is 112 Å². The average molecular weight is 350 g/mol. The third-order valence-corrected chi connectivity index (χ3v) is 5.57. The summed E-state index contributed by atoms with van der Waals surface area (Å²) in [5, 5.41) is 3.45. The van der Waals surface area contributed by atoms with E-state index in [9.17, 15) is 13.2 Å². The number of benzene rings is 1. The van der Waals surface area contributed by atoms with Crippen LogP contribution in [0.1, 0.15) is 19.8 Å². The first-order valence-electron chi connectivity index (χ1n) is 7.51. The smallest absolute Gasteiger partial charge is 0.330 e. The van der Waals surface area contributed by atoms with Gasteiger partial charge >= 0.3 is 5.97 Å². The van der Waals surface area contributed by atoms with Gasteiger partial charge < -0.3 is 4.74 Å². The first-order chi connectivity index (χ1) is 11.5. The Balaban J connectivity index is 2.31. The molecule has 1 aliphatic heterocycles. The van der Waals surface area contributed by atoms with Crippen LogP contribution in [0.15, 0.2) is 46.4 Å². The van der Waals surface area contributed by atoms with Crippen LogP contribution in [0.25, 0.3) is 10.4 Å². The van der Waals surface area contributed by atoms with Crippen molar-refractivity contribution >= 4 is 21.7 Å². The van der Waals surface area contributed by atoms with E-state index in [1.165, 1.54) is 22.5 Å². The highest BCUT2D eigenvalue weighted by Crippen LogP contribution is 2.32. The minimum Gasteiger partial charge on any atom is -0.463 e. The molecule has 0 radical (unpaired) electrons. The maximum atomic E-state index is 12.9. The van der Waals surface area contributed by atoms with Gasteiger partial charge in [0.05, 0.1) is 17.2 Å². The molecule has 0 aromatic heterocycles. The fourth-order valence-corrected chi connectivity index (χ4v) is 4.35. The van der Waals surface area contributed by atoms with Gasteiger partial charge in [0.2, 0.25) is 10.0 Å². The molecule has 0 unspecified atom stereocenters. The van der Waals surface area contributed by atoms with Gasteiger partial charge in [0.25, 0.3) is 0 Å². The second kappa shape index (κ2) is 7.96. The lowest BCUT2D eigenvalue weighted by atomic mass is 10.2. The number of sulfonamides is 1. The van der Waals surface area contributed by atoms with Crippen LogP contribution in [-0.4, -0.2) is 37.9 Å². The zero-order valence-corrected chi connectivity index (χ0v) is 14.0. The van der Waals surface area contributed by atoms with E-state index in [2.05, 4.69) is 10.0 Å². The van der Waals surface area contributed by atoms with E-state index in [4.69, 9.17) is 10.3 Å². The van der Waals surface area contributed by atoms with E-state index in [0.29, 0.717) is 19.4 Å². The Morgan fingerprint density at radius 1 is 1.50 bits per heavy atom. The predicted molar refractivity (Wildman–Crippen MR) is 87.9 cm³/mol. The average Bonchev–Trinajstić information content (AvgIpc) is 3.03. The zero-order valence-electron chi connectivity index (χ0n) is 13.2. The minimum absolute atomic E-state index is 0.0424. The van der Waals surface area contributed by atoms with Crippen LogP contribution in [0.4, 0.5) is 5.69 Å². The van der Waals surface area contributed by atoms with Crippen LogP contribution in [0.5, 0.6) is 0 Å². The van der Waals surface area contributed by atoms with Gasteiger partial charge in [0, 0.05) is 23.6 Å². The first kappa shape index (κ1) is 18.0. The maximum absolute atomic E-state index is 12.9. The van der Waals surface area contributed by atoms with Crippen LogP contribution in [0.3, 0.4) is 0 Å². The van der Waals surface area contributed by atoms with Gasteiger partial charge in [-0.05, 0) is 31.4 Å². The van der Waals surface area contributed by atoms with Gasteiger partial charge in [-0.25, -0.2) is 13.2 Å². The number of hydrogen-bond acceptors (Lipinski definition) is 5. The zero-order chi connectivity index (χ0) is 17.6. The van der Waals surface area contributed by atoms with Gasteiger partial charge in [-0.2, -0.15) is 4.31 Å². The minimum atomic E-state index is -3.84. The molecule has 0 N–H and O–H groups in total. The molecule has 1 aliphatic rings. The van der Waals surface area contributed by atoms with Crippen molar-refractivity contribution in [1.29, 1.82) is 0 Å². The molecule has 0 amide bonds. The number of carbonyl (C=O) groups excluding carboxylic acids is 1. The monoisotopic (exact) mass is 350 g/mol. The fraction of sp³-hybridized carbons (Fsp3) is 0.400.